The first kappa shape index (κ1) is 29.5. The van der Waals surface area contributed by atoms with Crippen molar-refractivity contribution in [1.82, 2.24) is 4.90 Å². The molecule has 1 amide bonds. The fourth-order valence-corrected chi connectivity index (χ4v) is 5.74. The summed E-state index contributed by atoms with van der Waals surface area (Å²) in [5.41, 5.74) is -1.88. The Kier molecular flexibility index (Phi) is 9.09. The Bertz CT molecular complexity index is 1100. The van der Waals surface area contributed by atoms with Crippen molar-refractivity contribution in [2.45, 2.75) is 82.7 Å². The minimum Gasteiger partial charge on any atom is -0.381 e. The molecule has 1 fully saturated rings. The highest BCUT2D eigenvalue weighted by Crippen LogP contribution is 2.53. The molecule has 37 heavy (non-hydrogen) atoms. The lowest BCUT2D eigenvalue weighted by atomic mass is 9.67. The van der Waals surface area contributed by atoms with Crippen molar-refractivity contribution in [1.29, 1.82) is 0 Å². The summed E-state index contributed by atoms with van der Waals surface area (Å²) in [6.07, 6.45) is -2.23. The molecule has 8 heteroatoms. The molecule has 1 aliphatic heterocycles. The highest BCUT2D eigenvalue weighted by molar-refractivity contribution is 6.30. The lowest BCUT2D eigenvalue weighted by molar-refractivity contribution is -0.256. The summed E-state index contributed by atoms with van der Waals surface area (Å²) in [5, 5.41) is 11.3. The van der Waals surface area contributed by atoms with Gasteiger partial charge >= 0.3 is 6.18 Å². The molecule has 0 aliphatic carbocycles. The zero-order valence-corrected chi connectivity index (χ0v) is 22.9. The number of halogens is 5. The van der Waals surface area contributed by atoms with Gasteiger partial charge in [-0.1, -0.05) is 67.4 Å². The molecule has 1 saturated heterocycles. The predicted octanol–water partition coefficient (Wildman–Crippen LogP) is 8.51. The number of hydrogen-bond donors (Lipinski definition) is 1. The summed E-state index contributed by atoms with van der Waals surface area (Å²) in [6, 6.07) is 13.7. The third-order valence-electron chi connectivity index (χ3n) is 7.62. The normalized spacial score (nSPS) is 25.0. The van der Waals surface area contributed by atoms with E-state index in [1.54, 1.807) is 29.2 Å². The summed E-state index contributed by atoms with van der Waals surface area (Å²) >= 11 is 12.5. The maximum Gasteiger partial charge on any atom is 0.416 e. The van der Waals surface area contributed by atoms with Crippen molar-refractivity contribution >= 4 is 29.1 Å². The van der Waals surface area contributed by atoms with Crippen molar-refractivity contribution < 1.29 is 23.1 Å². The van der Waals surface area contributed by atoms with Crippen molar-refractivity contribution in [2.24, 2.45) is 5.41 Å². The second-order valence-corrected chi connectivity index (χ2v) is 11.4. The van der Waals surface area contributed by atoms with Crippen LogP contribution in [0.4, 0.5) is 13.2 Å². The van der Waals surface area contributed by atoms with Gasteiger partial charge in [-0.2, -0.15) is 13.2 Å². The van der Waals surface area contributed by atoms with Gasteiger partial charge in [0, 0.05) is 22.0 Å². The first-order valence-corrected chi connectivity index (χ1v) is 13.2. The first-order valence-electron chi connectivity index (χ1n) is 12.5. The van der Waals surface area contributed by atoms with E-state index in [9.17, 15) is 23.1 Å². The zero-order chi connectivity index (χ0) is 27.6. The molecule has 0 aromatic heterocycles. The highest BCUT2D eigenvalue weighted by atomic mass is 35.5. The number of carbonyl (C=O) groups is 1. The first-order chi connectivity index (χ1) is 17.2. The van der Waals surface area contributed by atoms with Gasteiger partial charge in [-0.15, -0.1) is 6.58 Å². The van der Waals surface area contributed by atoms with Crippen molar-refractivity contribution in [3.63, 3.8) is 0 Å². The van der Waals surface area contributed by atoms with Crippen LogP contribution >= 0.6 is 23.2 Å². The number of aliphatic hydroxyl groups is 1. The Morgan fingerprint density at radius 1 is 1.16 bits per heavy atom. The number of nitrogens with zero attached hydrogens (tertiary/aromatic N) is 1. The van der Waals surface area contributed by atoms with E-state index >= 15 is 0 Å². The van der Waals surface area contributed by atoms with Gasteiger partial charge in [0.2, 0.25) is 5.91 Å². The van der Waals surface area contributed by atoms with Gasteiger partial charge in [-0.05, 0) is 74.4 Å². The monoisotopic (exact) mass is 555 g/mol. The van der Waals surface area contributed by atoms with E-state index in [-0.39, 0.29) is 18.2 Å². The SMILES string of the molecule is C=CC[C@@]1(C)C[C@H](c2cccc(Cl)c2)[C@@H](c2ccc(Cl)cc2)N([C@@H](CC)CCC(C)(O)C(F)(F)F)C1=O. The lowest BCUT2D eigenvalue weighted by Crippen LogP contribution is -2.56. The van der Waals surface area contributed by atoms with Crippen molar-refractivity contribution in [3.8, 4) is 0 Å². The van der Waals surface area contributed by atoms with E-state index in [0.29, 0.717) is 29.3 Å². The molecule has 202 valence electrons. The van der Waals surface area contributed by atoms with Crippen LogP contribution in [-0.2, 0) is 4.79 Å². The Labute approximate surface area is 227 Å². The number of amides is 1. The Morgan fingerprint density at radius 2 is 1.81 bits per heavy atom. The molecule has 2 aromatic rings. The zero-order valence-electron chi connectivity index (χ0n) is 21.4. The van der Waals surface area contributed by atoms with Gasteiger partial charge in [-0.3, -0.25) is 4.79 Å². The highest BCUT2D eigenvalue weighted by Gasteiger charge is 2.53. The van der Waals surface area contributed by atoms with E-state index in [0.717, 1.165) is 18.1 Å². The molecule has 2 aromatic carbocycles. The van der Waals surface area contributed by atoms with Crippen LogP contribution in [0, 0.1) is 5.41 Å². The molecule has 0 radical (unpaired) electrons. The van der Waals surface area contributed by atoms with Gasteiger partial charge in [0.1, 0.15) is 0 Å². The number of hydrogen-bond acceptors (Lipinski definition) is 2. The summed E-state index contributed by atoms with van der Waals surface area (Å²) in [5.74, 6) is -0.316. The average Bonchev–Trinajstić information content (AvgIpc) is 2.82. The maximum absolute atomic E-state index is 14.2. The lowest BCUT2D eigenvalue weighted by Gasteiger charge is -2.52. The minimum atomic E-state index is -4.77. The van der Waals surface area contributed by atoms with E-state index in [4.69, 9.17) is 23.2 Å². The van der Waals surface area contributed by atoms with Crippen molar-refractivity contribution in [2.75, 3.05) is 0 Å². The Balaban J connectivity index is 2.16. The predicted molar refractivity (Wildman–Crippen MR) is 143 cm³/mol. The molecule has 1 unspecified atom stereocenters. The molecule has 1 aliphatic rings. The van der Waals surface area contributed by atoms with Gasteiger partial charge in [0.25, 0.3) is 0 Å². The van der Waals surface area contributed by atoms with Crippen LogP contribution in [-0.4, -0.2) is 33.7 Å². The maximum atomic E-state index is 14.2. The Hall–Kier alpha value is -2.02. The topological polar surface area (TPSA) is 40.5 Å². The molecular formula is C29H34Cl2F3NO2. The van der Waals surface area contributed by atoms with Gasteiger partial charge in [-0.25, -0.2) is 0 Å². The van der Waals surface area contributed by atoms with E-state index in [2.05, 4.69) is 6.58 Å². The number of likely N-dealkylation sites (tertiary alicyclic amines) is 1. The summed E-state index contributed by atoms with van der Waals surface area (Å²) < 4.78 is 40.4. The summed E-state index contributed by atoms with van der Waals surface area (Å²) in [7, 11) is 0. The fraction of sp³-hybridized carbons (Fsp3) is 0.483. The second-order valence-electron chi connectivity index (χ2n) is 10.5. The van der Waals surface area contributed by atoms with E-state index < -0.39 is 35.7 Å². The fourth-order valence-electron chi connectivity index (χ4n) is 5.42. The second kappa shape index (κ2) is 11.4. The van der Waals surface area contributed by atoms with E-state index in [1.165, 1.54) is 0 Å². The van der Waals surface area contributed by atoms with Crippen LogP contribution in [0.5, 0.6) is 0 Å². The Morgan fingerprint density at radius 3 is 2.35 bits per heavy atom. The minimum absolute atomic E-state index is 0.00866. The number of piperidine rings is 1. The molecule has 3 nitrogen and oxygen atoms in total. The number of alkyl halides is 3. The molecular weight excluding hydrogens is 522 g/mol. The number of rotatable bonds is 9. The van der Waals surface area contributed by atoms with Gasteiger partial charge < -0.3 is 10.0 Å². The molecule has 0 spiro atoms. The molecule has 3 rings (SSSR count). The van der Waals surface area contributed by atoms with Gasteiger partial charge in [0.15, 0.2) is 5.60 Å². The largest absolute Gasteiger partial charge is 0.416 e. The smallest absolute Gasteiger partial charge is 0.381 e. The van der Waals surface area contributed by atoms with Crippen LogP contribution in [0.2, 0.25) is 10.0 Å². The summed E-state index contributed by atoms with van der Waals surface area (Å²) in [4.78, 5) is 16.0. The molecule has 0 bridgehead atoms. The third-order valence-corrected chi connectivity index (χ3v) is 8.11. The van der Waals surface area contributed by atoms with Crippen LogP contribution in [0.15, 0.2) is 61.2 Å². The number of allylic oxidation sites excluding steroid dienone is 1. The standard InChI is InChI=1S/C29H34Cl2F3NO2/c1-5-15-27(3)18-24(20-8-7-9-22(31)17-20)25(19-10-12-21(30)13-11-19)35(26(27)36)23(6-2)14-16-28(4,37)29(32,33)34/h5,7-13,17,23-25,37H,1,6,14-16,18H2,2-4H3/t23-,24+,25+,27-,28?/m0/s1. The van der Waals surface area contributed by atoms with Crippen LogP contribution in [0.3, 0.4) is 0 Å². The van der Waals surface area contributed by atoms with Gasteiger partial charge in [0.05, 0.1) is 11.5 Å². The molecule has 1 N–H and O–H groups in total. The number of benzene rings is 2. The number of carbonyl (C=O) groups excluding carboxylic acids is 1. The average molecular weight is 556 g/mol. The van der Waals surface area contributed by atoms with Crippen LogP contribution in [0.25, 0.3) is 0 Å². The molecule has 5 atom stereocenters. The molecule has 0 saturated carbocycles. The van der Waals surface area contributed by atoms with Crippen molar-refractivity contribution in [3.05, 3.63) is 82.4 Å². The summed E-state index contributed by atoms with van der Waals surface area (Å²) in [6.45, 7) is 8.38. The quantitative estimate of drug-likeness (QED) is 0.315. The molecule has 1 heterocycles. The van der Waals surface area contributed by atoms with E-state index in [1.807, 2.05) is 44.2 Å². The third kappa shape index (κ3) is 6.35. The van der Waals surface area contributed by atoms with Crippen LogP contribution < -0.4 is 0 Å². The van der Waals surface area contributed by atoms with Crippen LogP contribution in [0.1, 0.15) is 76.0 Å².